The van der Waals surface area contributed by atoms with Crippen LogP contribution < -0.4 is 5.32 Å². The second-order valence-corrected chi connectivity index (χ2v) is 3.31. The third-order valence-electron chi connectivity index (χ3n) is 1.87. The summed E-state index contributed by atoms with van der Waals surface area (Å²) in [5.41, 5.74) is 0.453. The number of nitrogens with zero attached hydrogens (tertiary/aromatic N) is 1. The Kier molecular flexibility index (Phi) is 5.37. The van der Waals surface area contributed by atoms with E-state index in [1.165, 1.54) is 0 Å². The van der Waals surface area contributed by atoms with E-state index in [4.69, 9.17) is 10.4 Å². The van der Waals surface area contributed by atoms with Gasteiger partial charge >= 0.3 is 0 Å². The van der Waals surface area contributed by atoms with Gasteiger partial charge in [0.15, 0.2) is 0 Å². The first kappa shape index (κ1) is 13.1. The van der Waals surface area contributed by atoms with Gasteiger partial charge in [-0.15, -0.1) is 0 Å². The number of amides is 1. The molecule has 14 heavy (non-hydrogen) atoms. The third kappa shape index (κ3) is 5.69. The highest BCUT2D eigenvalue weighted by Crippen LogP contribution is 1.96. The first-order valence-electron chi connectivity index (χ1n) is 4.65. The fourth-order valence-corrected chi connectivity index (χ4v) is 0.843. The van der Waals surface area contributed by atoms with Gasteiger partial charge in [-0.05, 0) is 18.7 Å². The Labute approximate surface area is 84.1 Å². The van der Waals surface area contributed by atoms with E-state index in [-0.39, 0.29) is 19.0 Å². The summed E-state index contributed by atoms with van der Waals surface area (Å²) in [5.74, 6) is -0.199. The SMILES string of the molecule is C=C(C)C(=O)NCCC[N+](O)(O)CC. The summed E-state index contributed by atoms with van der Waals surface area (Å²) in [7, 11) is 0. The van der Waals surface area contributed by atoms with E-state index in [9.17, 15) is 4.79 Å². The molecule has 5 nitrogen and oxygen atoms in total. The van der Waals surface area contributed by atoms with Crippen LogP contribution in [-0.2, 0) is 4.79 Å². The second kappa shape index (κ2) is 5.74. The molecular weight excluding hydrogens is 184 g/mol. The lowest BCUT2D eigenvalue weighted by Gasteiger charge is -2.19. The van der Waals surface area contributed by atoms with Crippen molar-refractivity contribution < 1.29 is 20.0 Å². The summed E-state index contributed by atoms with van der Waals surface area (Å²) < 4.78 is 0. The lowest BCUT2D eigenvalue weighted by molar-refractivity contribution is -1.24. The highest BCUT2D eigenvalue weighted by Gasteiger charge is 2.18. The molecule has 0 unspecified atom stereocenters. The van der Waals surface area contributed by atoms with Crippen LogP contribution in [-0.4, -0.2) is 40.8 Å². The van der Waals surface area contributed by atoms with Gasteiger partial charge in [-0.25, -0.2) is 0 Å². The first-order valence-corrected chi connectivity index (χ1v) is 4.65. The van der Waals surface area contributed by atoms with Crippen molar-refractivity contribution in [2.75, 3.05) is 19.6 Å². The lowest BCUT2D eigenvalue weighted by Crippen LogP contribution is -2.42. The molecule has 0 fully saturated rings. The van der Waals surface area contributed by atoms with Crippen LogP contribution >= 0.6 is 0 Å². The van der Waals surface area contributed by atoms with Crippen molar-refractivity contribution in [2.45, 2.75) is 20.3 Å². The molecule has 0 spiro atoms. The number of carbonyl (C=O) groups excluding carboxylic acids is 1. The molecule has 5 heteroatoms. The van der Waals surface area contributed by atoms with E-state index in [2.05, 4.69) is 11.9 Å². The molecule has 0 aliphatic carbocycles. The summed E-state index contributed by atoms with van der Waals surface area (Å²) in [6, 6.07) is 0. The van der Waals surface area contributed by atoms with Crippen molar-refractivity contribution in [3.05, 3.63) is 12.2 Å². The summed E-state index contributed by atoms with van der Waals surface area (Å²) >= 11 is 0. The lowest BCUT2D eigenvalue weighted by atomic mass is 10.3. The predicted octanol–water partition coefficient (Wildman–Crippen LogP) is 0.684. The van der Waals surface area contributed by atoms with Crippen LogP contribution in [0.15, 0.2) is 12.2 Å². The molecule has 0 saturated carbocycles. The van der Waals surface area contributed by atoms with Crippen molar-refractivity contribution in [2.24, 2.45) is 0 Å². The number of hydroxylamine groups is 4. The number of hydrogen-bond donors (Lipinski definition) is 3. The maximum Gasteiger partial charge on any atom is 0.246 e. The second-order valence-electron chi connectivity index (χ2n) is 3.31. The van der Waals surface area contributed by atoms with Gasteiger partial charge in [0, 0.05) is 18.5 Å². The van der Waals surface area contributed by atoms with Gasteiger partial charge in [-0.2, -0.15) is 10.4 Å². The Morgan fingerprint density at radius 1 is 1.50 bits per heavy atom. The maximum absolute atomic E-state index is 11.0. The topological polar surface area (TPSA) is 69.6 Å². The minimum Gasteiger partial charge on any atom is -0.352 e. The fourth-order valence-electron chi connectivity index (χ4n) is 0.843. The van der Waals surface area contributed by atoms with Crippen molar-refractivity contribution in [3.8, 4) is 0 Å². The number of carbonyl (C=O) groups is 1. The largest absolute Gasteiger partial charge is 0.352 e. The highest BCUT2D eigenvalue weighted by atomic mass is 16.8. The minimum atomic E-state index is -0.997. The van der Waals surface area contributed by atoms with Crippen LogP contribution in [0.3, 0.4) is 0 Å². The van der Waals surface area contributed by atoms with Crippen LogP contribution in [0.5, 0.6) is 0 Å². The van der Waals surface area contributed by atoms with Crippen LogP contribution in [0.25, 0.3) is 0 Å². The average Bonchev–Trinajstić information content (AvgIpc) is 2.12. The summed E-state index contributed by atoms with van der Waals surface area (Å²) in [5, 5.41) is 20.9. The molecule has 0 aromatic heterocycles. The molecule has 0 aliphatic heterocycles. The molecule has 0 aliphatic rings. The van der Waals surface area contributed by atoms with Crippen molar-refractivity contribution in [1.82, 2.24) is 5.32 Å². The van der Waals surface area contributed by atoms with E-state index in [0.29, 0.717) is 18.5 Å². The molecule has 82 valence electrons. The average molecular weight is 203 g/mol. The van der Waals surface area contributed by atoms with Crippen LogP contribution in [0.1, 0.15) is 20.3 Å². The normalized spacial score (nSPS) is 11.1. The Bertz CT molecular complexity index is 214. The molecular formula is C9H19N2O3+. The zero-order valence-electron chi connectivity index (χ0n) is 8.79. The smallest absolute Gasteiger partial charge is 0.246 e. The van der Waals surface area contributed by atoms with Crippen LogP contribution in [0.4, 0.5) is 0 Å². The molecule has 0 saturated heterocycles. The van der Waals surface area contributed by atoms with E-state index in [1.54, 1.807) is 13.8 Å². The first-order chi connectivity index (χ1) is 6.39. The standard InChI is InChI=1S/C9H18N2O3/c1-4-11(13,14)7-5-6-10-9(12)8(2)3/h13-14H,2,4-7H2,1,3H3/p+1. The van der Waals surface area contributed by atoms with Crippen molar-refractivity contribution in [1.29, 1.82) is 0 Å². The highest BCUT2D eigenvalue weighted by molar-refractivity contribution is 5.91. The molecule has 3 N–H and O–H groups in total. The molecule has 0 aromatic carbocycles. The molecule has 0 heterocycles. The fraction of sp³-hybridized carbons (Fsp3) is 0.667. The molecule has 0 rings (SSSR count). The Hall–Kier alpha value is -0.910. The number of quaternary nitrogens is 1. The monoisotopic (exact) mass is 203 g/mol. The Morgan fingerprint density at radius 3 is 2.50 bits per heavy atom. The molecule has 0 radical (unpaired) electrons. The van der Waals surface area contributed by atoms with Gasteiger partial charge in [0.05, 0.1) is 0 Å². The van der Waals surface area contributed by atoms with Crippen molar-refractivity contribution >= 4 is 5.91 Å². The van der Waals surface area contributed by atoms with Crippen LogP contribution in [0, 0.1) is 0 Å². The number of hydrogen-bond acceptors (Lipinski definition) is 3. The van der Waals surface area contributed by atoms with Gasteiger partial charge < -0.3 is 5.32 Å². The van der Waals surface area contributed by atoms with Crippen molar-refractivity contribution in [3.63, 3.8) is 0 Å². The van der Waals surface area contributed by atoms with E-state index >= 15 is 0 Å². The zero-order valence-corrected chi connectivity index (χ0v) is 8.79. The molecule has 0 bridgehead atoms. The predicted molar refractivity (Wildman–Crippen MR) is 51.7 cm³/mol. The van der Waals surface area contributed by atoms with Gasteiger partial charge in [-0.1, -0.05) is 6.58 Å². The van der Waals surface area contributed by atoms with Gasteiger partial charge in [0.2, 0.25) is 5.91 Å². The number of nitrogens with one attached hydrogen (secondary N) is 1. The van der Waals surface area contributed by atoms with Gasteiger partial charge in [-0.3, -0.25) is 4.79 Å². The Morgan fingerprint density at radius 2 is 2.07 bits per heavy atom. The Balaban J connectivity index is 3.57. The zero-order chi connectivity index (χ0) is 11.2. The molecule has 1 amide bonds. The minimum absolute atomic E-state index is 0.199. The van der Waals surface area contributed by atoms with E-state index in [0.717, 1.165) is 0 Å². The quantitative estimate of drug-likeness (QED) is 0.257. The van der Waals surface area contributed by atoms with Gasteiger partial charge in [0.25, 0.3) is 0 Å². The number of rotatable bonds is 6. The third-order valence-corrected chi connectivity index (χ3v) is 1.87. The summed E-state index contributed by atoms with van der Waals surface area (Å²) in [6.07, 6.45) is 0.514. The van der Waals surface area contributed by atoms with Crippen LogP contribution in [0.2, 0.25) is 0 Å². The molecule has 0 aromatic rings. The van der Waals surface area contributed by atoms with Gasteiger partial charge in [0.1, 0.15) is 13.1 Å². The maximum atomic E-state index is 11.0. The molecule has 0 atom stereocenters. The summed E-state index contributed by atoms with van der Waals surface area (Å²) in [4.78, 5) is 10.00. The summed E-state index contributed by atoms with van der Waals surface area (Å²) in [6.45, 7) is 7.64. The van der Waals surface area contributed by atoms with E-state index in [1.807, 2.05) is 0 Å². The van der Waals surface area contributed by atoms with E-state index < -0.39 is 4.81 Å².